The van der Waals surface area contributed by atoms with Crippen LogP contribution in [-0.2, 0) is 6.54 Å². The van der Waals surface area contributed by atoms with Crippen molar-refractivity contribution in [1.82, 2.24) is 14.8 Å². The van der Waals surface area contributed by atoms with Crippen LogP contribution in [0.3, 0.4) is 0 Å². The van der Waals surface area contributed by atoms with Crippen LogP contribution in [0.4, 0.5) is 0 Å². The van der Waals surface area contributed by atoms with Crippen molar-refractivity contribution in [3.63, 3.8) is 0 Å². The van der Waals surface area contributed by atoms with Crippen LogP contribution in [0, 0.1) is 0 Å². The summed E-state index contributed by atoms with van der Waals surface area (Å²) in [6.45, 7) is 4.64. The second kappa shape index (κ2) is 7.90. The van der Waals surface area contributed by atoms with E-state index in [1.54, 1.807) is 0 Å². The van der Waals surface area contributed by atoms with Crippen molar-refractivity contribution < 1.29 is 5.11 Å². The molecule has 2 aromatic rings. The summed E-state index contributed by atoms with van der Waals surface area (Å²) in [5, 5.41) is 10.9. The van der Waals surface area contributed by atoms with E-state index in [1.165, 1.54) is 48.7 Å². The Morgan fingerprint density at radius 3 is 2.72 bits per heavy atom. The molecule has 0 bridgehead atoms. The summed E-state index contributed by atoms with van der Waals surface area (Å²) in [6.07, 6.45) is 7.77. The number of aromatic amines is 1. The molecule has 136 valence electrons. The van der Waals surface area contributed by atoms with E-state index in [0.717, 1.165) is 38.6 Å². The molecule has 1 aromatic carbocycles. The lowest BCUT2D eigenvalue weighted by Crippen LogP contribution is -2.56. The van der Waals surface area contributed by atoms with Crippen LogP contribution in [0.1, 0.15) is 44.2 Å². The maximum absolute atomic E-state index is 9.55. The zero-order chi connectivity index (χ0) is 17.1. The first-order valence-electron chi connectivity index (χ1n) is 9.99. The number of H-pyrrole nitrogens is 1. The highest BCUT2D eigenvalue weighted by molar-refractivity contribution is 5.80. The molecular formula is C21H31N3O. The first-order valence-corrected chi connectivity index (χ1v) is 9.99. The maximum Gasteiger partial charge on any atom is 0.0456 e. The van der Waals surface area contributed by atoms with E-state index in [-0.39, 0.29) is 0 Å². The van der Waals surface area contributed by atoms with Crippen LogP contribution in [-0.4, -0.2) is 58.2 Å². The standard InChI is InChI=1S/C21H31N3O/c25-13-10-20-16-23(11-12-24(20)19-7-2-1-3-8-19)15-18-14-17-6-4-5-9-21(17)22-18/h4-6,9,14,19-20,22,25H,1-3,7-8,10-13,15-16H2. The summed E-state index contributed by atoms with van der Waals surface area (Å²) >= 11 is 0. The molecule has 2 fully saturated rings. The number of fused-ring (bicyclic) bond motifs is 1. The minimum absolute atomic E-state index is 0.300. The number of rotatable bonds is 5. The van der Waals surface area contributed by atoms with E-state index < -0.39 is 0 Å². The second-order valence-electron chi connectivity index (χ2n) is 7.81. The Bertz CT molecular complexity index is 644. The molecule has 25 heavy (non-hydrogen) atoms. The van der Waals surface area contributed by atoms with E-state index in [2.05, 4.69) is 45.1 Å². The molecule has 1 unspecified atom stereocenters. The molecule has 0 spiro atoms. The van der Waals surface area contributed by atoms with Gasteiger partial charge in [-0.05, 0) is 36.8 Å². The molecule has 2 heterocycles. The van der Waals surface area contributed by atoms with Crippen LogP contribution in [0.2, 0.25) is 0 Å². The van der Waals surface area contributed by atoms with Crippen LogP contribution < -0.4 is 0 Å². The van der Waals surface area contributed by atoms with E-state index in [4.69, 9.17) is 0 Å². The number of nitrogens with zero attached hydrogens (tertiary/aromatic N) is 2. The SMILES string of the molecule is OCCC1CN(Cc2cc3ccccc3[nH]2)CCN1C1CCCCC1. The van der Waals surface area contributed by atoms with Gasteiger partial charge in [-0.25, -0.2) is 0 Å². The molecule has 1 aliphatic carbocycles. The van der Waals surface area contributed by atoms with Crippen LogP contribution in [0.15, 0.2) is 30.3 Å². The summed E-state index contributed by atoms with van der Waals surface area (Å²) in [5.41, 5.74) is 2.53. The van der Waals surface area contributed by atoms with Crippen molar-refractivity contribution >= 4 is 10.9 Å². The Hall–Kier alpha value is -1.36. The van der Waals surface area contributed by atoms with E-state index in [9.17, 15) is 5.11 Å². The monoisotopic (exact) mass is 341 g/mol. The molecule has 1 aromatic heterocycles. The maximum atomic E-state index is 9.55. The van der Waals surface area contributed by atoms with Gasteiger partial charge in [-0.2, -0.15) is 0 Å². The molecule has 1 aliphatic heterocycles. The number of piperazine rings is 1. The summed E-state index contributed by atoms with van der Waals surface area (Å²) in [5.74, 6) is 0. The molecule has 0 radical (unpaired) electrons. The molecule has 0 amide bonds. The van der Waals surface area contributed by atoms with E-state index in [0.29, 0.717) is 12.6 Å². The van der Waals surface area contributed by atoms with Gasteiger partial charge in [0.1, 0.15) is 0 Å². The van der Waals surface area contributed by atoms with Gasteiger partial charge in [0.2, 0.25) is 0 Å². The number of nitrogens with one attached hydrogen (secondary N) is 1. The average Bonchev–Trinajstić information content (AvgIpc) is 3.05. The molecule has 2 N–H and O–H groups in total. The topological polar surface area (TPSA) is 42.5 Å². The van der Waals surface area contributed by atoms with E-state index in [1.807, 2.05) is 0 Å². The van der Waals surface area contributed by atoms with Crippen LogP contribution in [0.5, 0.6) is 0 Å². The van der Waals surface area contributed by atoms with Gasteiger partial charge in [0.05, 0.1) is 0 Å². The third-order valence-corrected chi connectivity index (χ3v) is 6.10. The Balaban J connectivity index is 1.42. The molecular weight excluding hydrogens is 310 g/mol. The van der Waals surface area contributed by atoms with Crippen molar-refractivity contribution in [3.8, 4) is 0 Å². The fourth-order valence-electron chi connectivity index (χ4n) is 4.84. The van der Waals surface area contributed by atoms with Gasteiger partial charge in [0.15, 0.2) is 0 Å². The molecule has 1 saturated carbocycles. The summed E-state index contributed by atoms with van der Waals surface area (Å²) in [4.78, 5) is 8.84. The fraction of sp³-hybridized carbons (Fsp3) is 0.619. The number of hydrogen-bond donors (Lipinski definition) is 2. The van der Waals surface area contributed by atoms with Gasteiger partial charge in [0, 0.05) is 56.1 Å². The van der Waals surface area contributed by atoms with Gasteiger partial charge in [0.25, 0.3) is 0 Å². The predicted molar refractivity (Wildman–Crippen MR) is 103 cm³/mol. The first-order chi connectivity index (χ1) is 12.3. The normalized spacial score (nSPS) is 24.1. The predicted octanol–water partition coefficient (Wildman–Crippen LogP) is 3.37. The van der Waals surface area contributed by atoms with Gasteiger partial charge < -0.3 is 10.1 Å². The number of aliphatic hydroxyl groups is 1. The summed E-state index contributed by atoms with van der Waals surface area (Å²) in [7, 11) is 0. The molecule has 4 heteroatoms. The third kappa shape index (κ3) is 3.91. The molecule has 4 rings (SSSR count). The highest BCUT2D eigenvalue weighted by atomic mass is 16.3. The zero-order valence-corrected chi connectivity index (χ0v) is 15.2. The van der Waals surface area contributed by atoms with Crippen LogP contribution in [0.25, 0.3) is 10.9 Å². The minimum atomic E-state index is 0.300. The van der Waals surface area contributed by atoms with Gasteiger partial charge in [-0.3, -0.25) is 9.80 Å². The summed E-state index contributed by atoms with van der Waals surface area (Å²) < 4.78 is 0. The molecule has 4 nitrogen and oxygen atoms in total. The molecule has 1 saturated heterocycles. The van der Waals surface area contributed by atoms with E-state index >= 15 is 0 Å². The quantitative estimate of drug-likeness (QED) is 0.876. The second-order valence-corrected chi connectivity index (χ2v) is 7.81. The van der Waals surface area contributed by atoms with Crippen LogP contribution >= 0.6 is 0 Å². The number of benzene rings is 1. The Labute approximate surface area is 150 Å². The largest absolute Gasteiger partial charge is 0.396 e. The van der Waals surface area contributed by atoms with Gasteiger partial charge in [-0.15, -0.1) is 0 Å². The number of hydrogen-bond acceptors (Lipinski definition) is 3. The average molecular weight is 341 g/mol. The lowest BCUT2D eigenvalue weighted by Gasteiger charge is -2.46. The third-order valence-electron chi connectivity index (χ3n) is 6.10. The minimum Gasteiger partial charge on any atom is -0.396 e. The number of aliphatic hydroxyl groups excluding tert-OH is 1. The zero-order valence-electron chi connectivity index (χ0n) is 15.2. The Kier molecular flexibility index (Phi) is 5.39. The van der Waals surface area contributed by atoms with Crippen molar-refractivity contribution in [2.45, 2.75) is 57.2 Å². The first kappa shape index (κ1) is 17.1. The fourth-order valence-corrected chi connectivity index (χ4v) is 4.84. The lowest BCUT2D eigenvalue weighted by atomic mass is 9.92. The van der Waals surface area contributed by atoms with Crippen molar-refractivity contribution in [1.29, 1.82) is 0 Å². The molecule has 1 atom stereocenters. The number of aromatic nitrogens is 1. The lowest BCUT2D eigenvalue weighted by molar-refractivity contribution is 0.0133. The smallest absolute Gasteiger partial charge is 0.0456 e. The highest BCUT2D eigenvalue weighted by Gasteiger charge is 2.32. The van der Waals surface area contributed by atoms with Crippen molar-refractivity contribution in [3.05, 3.63) is 36.0 Å². The Morgan fingerprint density at radius 1 is 1.08 bits per heavy atom. The van der Waals surface area contributed by atoms with Crippen molar-refractivity contribution in [2.75, 3.05) is 26.2 Å². The number of para-hydroxylation sites is 1. The highest BCUT2D eigenvalue weighted by Crippen LogP contribution is 2.27. The van der Waals surface area contributed by atoms with Gasteiger partial charge >= 0.3 is 0 Å². The van der Waals surface area contributed by atoms with Gasteiger partial charge in [-0.1, -0.05) is 37.5 Å². The molecule has 2 aliphatic rings. The Morgan fingerprint density at radius 2 is 1.92 bits per heavy atom. The summed E-state index contributed by atoms with van der Waals surface area (Å²) in [6, 6.07) is 12.0. The van der Waals surface area contributed by atoms with Crippen molar-refractivity contribution in [2.24, 2.45) is 0 Å².